The summed E-state index contributed by atoms with van der Waals surface area (Å²) in [5, 5.41) is 8.59. The van der Waals surface area contributed by atoms with Gasteiger partial charge in [-0.15, -0.1) is 0 Å². The van der Waals surface area contributed by atoms with E-state index in [0.29, 0.717) is 0 Å². The van der Waals surface area contributed by atoms with Crippen molar-refractivity contribution >= 4 is 29.6 Å². The fraction of sp³-hybridized carbons (Fsp3) is 0. The monoisotopic (exact) mass is 136 g/mol. The molecule has 1 rings (SSSR count). The Morgan fingerprint density at radius 1 is 1.11 bits per heavy atom. The molecule has 0 spiro atoms. The van der Waals surface area contributed by atoms with Crippen LogP contribution in [0.1, 0.15) is 0 Å². The third kappa shape index (κ3) is 2.84. The van der Waals surface area contributed by atoms with Crippen molar-refractivity contribution in [3.8, 4) is 5.75 Å². The number of hydrogen-bond acceptors (Lipinski definition) is 1. The minimum atomic E-state index is -0.331. The van der Waals surface area contributed by atoms with Crippen LogP contribution in [0.3, 0.4) is 0 Å². The molecule has 0 saturated carbocycles. The summed E-state index contributed by atoms with van der Waals surface area (Å²) in [7, 11) is 0. The second kappa shape index (κ2) is 3.88. The van der Waals surface area contributed by atoms with Gasteiger partial charge < -0.3 is 5.11 Å². The normalized spacial score (nSPS) is 8.11. The number of rotatable bonds is 0. The Kier molecular flexibility index (Phi) is 3.86. The van der Waals surface area contributed by atoms with Gasteiger partial charge in [-0.2, -0.15) is 0 Å². The Balaban J connectivity index is 0.000000640. The molecular formula is C6H6FNaO. The van der Waals surface area contributed by atoms with Crippen LogP contribution in [0.4, 0.5) is 4.39 Å². The predicted molar refractivity (Wildman–Crippen MR) is 35.2 cm³/mol. The van der Waals surface area contributed by atoms with Crippen LogP contribution >= 0.6 is 0 Å². The molecule has 1 aromatic carbocycles. The maximum atomic E-state index is 12.0. The van der Waals surface area contributed by atoms with Crippen LogP contribution in [0, 0.1) is 5.82 Å². The van der Waals surface area contributed by atoms with E-state index in [9.17, 15) is 4.39 Å². The average molecular weight is 136 g/mol. The van der Waals surface area contributed by atoms with E-state index in [2.05, 4.69) is 0 Å². The molecule has 0 aromatic heterocycles. The molecule has 0 atom stereocenters. The van der Waals surface area contributed by atoms with E-state index in [0.717, 1.165) is 0 Å². The van der Waals surface area contributed by atoms with Crippen molar-refractivity contribution in [2.45, 2.75) is 0 Å². The molecule has 3 heteroatoms. The number of hydrogen-bond donors (Lipinski definition) is 1. The van der Waals surface area contributed by atoms with Gasteiger partial charge in [0, 0.05) is 0 Å². The molecule has 9 heavy (non-hydrogen) atoms. The van der Waals surface area contributed by atoms with Gasteiger partial charge >= 0.3 is 29.6 Å². The zero-order valence-corrected chi connectivity index (χ0v) is 4.13. The van der Waals surface area contributed by atoms with E-state index in [1.807, 2.05) is 0 Å². The fourth-order valence-corrected chi connectivity index (χ4v) is 0.441. The number of benzene rings is 1. The van der Waals surface area contributed by atoms with Crippen molar-refractivity contribution in [1.82, 2.24) is 0 Å². The Morgan fingerprint density at radius 3 is 1.89 bits per heavy atom. The van der Waals surface area contributed by atoms with Crippen LogP contribution in [-0.4, -0.2) is 34.7 Å². The van der Waals surface area contributed by atoms with Crippen LogP contribution in [0.5, 0.6) is 5.75 Å². The zero-order chi connectivity index (χ0) is 5.98. The first-order chi connectivity index (χ1) is 3.79. The van der Waals surface area contributed by atoms with E-state index in [1.54, 1.807) is 0 Å². The molecule has 0 heterocycles. The molecule has 0 saturated heterocycles. The molecule has 1 nitrogen and oxygen atoms in total. The second-order valence-electron chi connectivity index (χ2n) is 1.48. The van der Waals surface area contributed by atoms with Crippen LogP contribution < -0.4 is 0 Å². The zero-order valence-electron chi connectivity index (χ0n) is 4.13. The molecule has 0 aliphatic heterocycles. The first-order valence-electron chi connectivity index (χ1n) is 2.23. The summed E-state index contributed by atoms with van der Waals surface area (Å²) in [6, 6.07) is 5.01. The third-order valence-corrected chi connectivity index (χ3v) is 0.827. The first kappa shape index (κ1) is 8.95. The summed E-state index contributed by atoms with van der Waals surface area (Å²) >= 11 is 0. The molecule has 0 bridgehead atoms. The van der Waals surface area contributed by atoms with Gasteiger partial charge in [0.25, 0.3) is 0 Å². The molecule has 0 amide bonds. The molecule has 0 fully saturated rings. The third-order valence-electron chi connectivity index (χ3n) is 0.827. The van der Waals surface area contributed by atoms with Gasteiger partial charge in [-0.1, -0.05) is 0 Å². The molecule has 1 N–H and O–H groups in total. The minimum absolute atomic E-state index is 0. The number of halogens is 1. The summed E-state index contributed by atoms with van der Waals surface area (Å²) in [6.45, 7) is 0. The van der Waals surface area contributed by atoms with E-state index in [4.69, 9.17) is 5.11 Å². The van der Waals surface area contributed by atoms with Crippen LogP contribution in [0.2, 0.25) is 0 Å². The van der Waals surface area contributed by atoms with E-state index >= 15 is 0 Å². The van der Waals surface area contributed by atoms with Gasteiger partial charge in [0.1, 0.15) is 11.6 Å². The summed E-state index contributed by atoms with van der Waals surface area (Å²) in [5.41, 5.74) is 0. The average Bonchev–Trinajstić information content (AvgIpc) is 1.77. The SMILES string of the molecule is Oc1ccc(F)cc1.[NaH]. The van der Waals surface area contributed by atoms with Gasteiger partial charge in [-0.05, 0) is 24.3 Å². The Hall–Kier alpha value is -0.0500. The van der Waals surface area contributed by atoms with E-state index in [-0.39, 0.29) is 41.1 Å². The predicted octanol–water partition coefficient (Wildman–Crippen LogP) is 0.883. The van der Waals surface area contributed by atoms with Crippen LogP contribution in [-0.2, 0) is 0 Å². The van der Waals surface area contributed by atoms with Crippen LogP contribution in [0.25, 0.3) is 0 Å². The topological polar surface area (TPSA) is 20.2 Å². The molecule has 0 unspecified atom stereocenters. The first-order valence-corrected chi connectivity index (χ1v) is 2.23. The Bertz CT molecular complexity index is 152. The van der Waals surface area contributed by atoms with Gasteiger partial charge in [0.2, 0.25) is 0 Å². The standard InChI is InChI=1S/C6H5FO.Na.H/c7-5-1-3-6(8)4-2-5;;/h1-4,8H;;. The quantitative estimate of drug-likeness (QED) is 0.525. The van der Waals surface area contributed by atoms with Gasteiger partial charge in [0.05, 0.1) is 0 Å². The molecule has 0 aliphatic carbocycles. The summed E-state index contributed by atoms with van der Waals surface area (Å²) < 4.78 is 12.0. The number of aromatic hydroxyl groups is 1. The second-order valence-corrected chi connectivity index (χ2v) is 1.48. The van der Waals surface area contributed by atoms with Crippen molar-refractivity contribution in [3.63, 3.8) is 0 Å². The van der Waals surface area contributed by atoms with Gasteiger partial charge in [-0.3, -0.25) is 0 Å². The summed E-state index contributed by atoms with van der Waals surface area (Å²) in [5.74, 6) is -0.241. The van der Waals surface area contributed by atoms with E-state index in [1.165, 1.54) is 24.3 Å². The summed E-state index contributed by atoms with van der Waals surface area (Å²) in [6.07, 6.45) is 0. The van der Waals surface area contributed by atoms with Crippen molar-refractivity contribution in [2.24, 2.45) is 0 Å². The van der Waals surface area contributed by atoms with Gasteiger partial charge in [0.15, 0.2) is 0 Å². The summed E-state index contributed by atoms with van der Waals surface area (Å²) in [4.78, 5) is 0. The molecule has 1 aromatic rings. The Morgan fingerprint density at radius 2 is 1.56 bits per heavy atom. The molecule has 0 aliphatic rings. The number of phenols is 1. The van der Waals surface area contributed by atoms with E-state index < -0.39 is 0 Å². The molecule has 0 radical (unpaired) electrons. The Labute approximate surface area is 74.8 Å². The van der Waals surface area contributed by atoms with Crippen LogP contribution in [0.15, 0.2) is 24.3 Å². The van der Waals surface area contributed by atoms with Crippen molar-refractivity contribution in [2.75, 3.05) is 0 Å². The molecular weight excluding hydrogens is 130 g/mol. The fourth-order valence-electron chi connectivity index (χ4n) is 0.441. The number of phenolic OH excluding ortho intramolecular Hbond substituents is 1. The van der Waals surface area contributed by atoms with Gasteiger partial charge in [-0.25, -0.2) is 4.39 Å². The maximum absolute atomic E-state index is 12.0. The van der Waals surface area contributed by atoms with Crippen molar-refractivity contribution in [1.29, 1.82) is 0 Å². The molecule has 44 valence electrons. The van der Waals surface area contributed by atoms with Crippen molar-refractivity contribution in [3.05, 3.63) is 30.1 Å². The van der Waals surface area contributed by atoms with Crippen molar-refractivity contribution < 1.29 is 9.50 Å².